The molecule has 0 atom stereocenters. The van der Waals surface area contributed by atoms with Gasteiger partial charge in [-0.1, -0.05) is 0 Å². The normalized spacial score (nSPS) is 14.8. The molecule has 3 aromatic rings. The van der Waals surface area contributed by atoms with Gasteiger partial charge in [-0.3, -0.25) is 14.4 Å². The van der Waals surface area contributed by atoms with Crippen molar-refractivity contribution in [3.05, 3.63) is 51.1 Å². The molecule has 2 amide bonds. The molecule has 3 N–H and O–H groups in total. The monoisotopic (exact) mass is 452 g/mol. The Hall–Kier alpha value is -3.13. The van der Waals surface area contributed by atoms with E-state index < -0.39 is 24.4 Å². The van der Waals surface area contributed by atoms with Crippen LogP contribution in [0.5, 0.6) is 0 Å². The van der Waals surface area contributed by atoms with Gasteiger partial charge in [0.1, 0.15) is 10.6 Å². The summed E-state index contributed by atoms with van der Waals surface area (Å²) < 4.78 is 10.8. The van der Waals surface area contributed by atoms with Crippen LogP contribution in [0.2, 0.25) is 0 Å². The summed E-state index contributed by atoms with van der Waals surface area (Å²) in [5, 5.41) is 4.07. The van der Waals surface area contributed by atoms with Gasteiger partial charge in [0, 0.05) is 15.8 Å². The fraction of sp³-hybridized carbons (Fsp3) is 0.375. The average molecular weight is 453 g/mol. The number of fused-ring (bicyclic) bond motifs is 3. The van der Waals surface area contributed by atoms with E-state index in [0.717, 1.165) is 71.9 Å². The number of carbonyl (C=O) groups is 3. The number of esters is 1. The zero-order chi connectivity index (χ0) is 22.2. The van der Waals surface area contributed by atoms with Crippen LogP contribution in [0.1, 0.15) is 56.8 Å². The second-order valence-electron chi connectivity index (χ2n) is 8.40. The molecule has 0 saturated heterocycles. The Balaban J connectivity index is 1.22. The highest BCUT2D eigenvalue weighted by atomic mass is 32.1. The topological polar surface area (TPSA) is 112 Å². The maximum atomic E-state index is 12.4. The predicted octanol–water partition coefficient (Wildman–Crippen LogP) is 3.69. The number of rotatable bonds is 6. The fourth-order valence-corrected chi connectivity index (χ4v) is 6.03. The number of nitrogens with one attached hydrogen (secondary N) is 1. The molecule has 0 spiro atoms. The number of hydrogen-bond donors (Lipinski definition) is 2. The van der Waals surface area contributed by atoms with E-state index in [-0.39, 0.29) is 6.42 Å². The highest BCUT2D eigenvalue weighted by Crippen LogP contribution is 2.38. The molecule has 1 aromatic carbocycles. The van der Waals surface area contributed by atoms with Gasteiger partial charge in [-0.25, -0.2) is 0 Å². The minimum Gasteiger partial charge on any atom is -0.464 e. The molecule has 0 bridgehead atoms. The van der Waals surface area contributed by atoms with E-state index in [1.807, 2.05) is 0 Å². The van der Waals surface area contributed by atoms with Crippen LogP contribution in [-0.4, -0.2) is 24.4 Å². The summed E-state index contributed by atoms with van der Waals surface area (Å²) in [7, 11) is 0. The summed E-state index contributed by atoms with van der Waals surface area (Å²) in [6.45, 7) is -0.426. The van der Waals surface area contributed by atoms with Gasteiger partial charge < -0.3 is 20.2 Å². The first-order valence-electron chi connectivity index (χ1n) is 10.9. The Labute approximate surface area is 188 Å². The largest absolute Gasteiger partial charge is 0.464 e. The van der Waals surface area contributed by atoms with Gasteiger partial charge in [-0.15, -0.1) is 11.3 Å². The standard InChI is InChI=1S/C24H24N2O5S/c25-23(29)22-16-6-1-2-7-19(16)32-24(22)26-20(27)12-31-21(28)10-15-11-30-18-9-14-5-3-4-13(14)8-17(15)18/h8-9,11H,1-7,10,12H2,(H2,25,29)(H,26,27). The van der Waals surface area contributed by atoms with Gasteiger partial charge in [-0.05, 0) is 73.8 Å². The first-order chi connectivity index (χ1) is 15.5. The van der Waals surface area contributed by atoms with Crippen molar-refractivity contribution < 1.29 is 23.5 Å². The summed E-state index contributed by atoms with van der Waals surface area (Å²) in [6.07, 6.45) is 8.57. The Morgan fingerprint density at radius 2 is 1.84 bits per heavy atom. The molecule has 0 saturated carbocycles. The van der Waals surface area contributed by atoms with Crippen molar-refractivity contribution in [2.75, 3.05) is 11.9 Å². The van der Waals surface area contributed by atoms with E-state index >= 15 is 0 Å². The number of anilines is 1. The first-order valence-corrected chi connectivity index (χ1v) is 11.7. The summed E-state index contributed by atoms with van der Waals surface area (Å²) in [6, 6.07) is 4.15. The molecule has 0 fully saturated rings. The van der Waals surface area contributed by atoms with Crippen molar-refractivity contribution in [1.29, 1.82) is 0 Å². The molecule has 0 unspecified atom stereocenters. The lowest BCUT2D eigenvalue weighted by Crippen LogP contribution is -2.23. The molecule has 0 radical (unpaired) electrons. The van der Waals surface area contributed by atoms with E-state index in [9.17, 15) is 14.4 Å². The quantitative estimate of drug-likeness (QED) is 0.554. The van der Waals surface area contributed by atoms with Crippen molar-refractivity contribution in [2.24, 2.45) is 5.73 Å². The number of hydrogen-bond acceptors (Lipinski definition) is 6. The summed E-state index contributed by atoms with van der Waals surface area (Å²) in [5.74, 6) is -1.55. The lowest BCUT2D eigenvalue weighted by Gasteiger charge is -2.11. The van der Waals surface area contributed by atoms with Gasteiger partial charge in [0.2, 0.25) is 0 Å². The van der Waals surface area contributed by atoms with Gasteiger partial charge in [0.25, 0.3) is 11.8 Å². The number of benzene rings is 1. The third-order valence-electron chi connectivity index (χ3n) is 6.24. The van der Waals surface area contributed by atoms with Crippen molar-refractivity contribution >= 4 is 45.1 Å². The summed E-state index contributed by atoms with van der Waals surface area (Å²) in [5.41, 5.74) is 11.0. The molecule has 7 nitrogen and oxygen atoms in total. The van der Waals surface area contributed by atoms with Crippen LogP contribution in [0, 0.1) is 0 Å². The van der Waals surface area contributed by atoms with Crippen LogP contribution in [0.15, 0.2) is 22.8 Å². The van der Waals surface area contributed by atoms with Crippen LogP contribution in [-0.2, 0) is 46.4 Å². The summed E-state index contributed by atoms with van der Waals surface area (Å²) in [4.78, 5) is 37.8. The maximum absolute atomic E-state index is 12.4. The number of furan rings is 1. The molecule has 2 aromatic heterocycles. The molecular formula is C24H24N2O5S. The minimum absolute atomic E-state index is 0.0267. The molecule has 8 heteroatoms. The van der Waals surface area contributed by atoms with E-state index in [1.54, 1.807) is 6.26 Å². The van der Waals surface area contributed by atoms with Gasteiger partial charge in [0.05, 0.1) is 18.2 Å². The van der Waals surface area contributed by atoms with Crippen LogP contribution < -0.4 is 11.1 Å². The van der Waals surface area contributed by atoms with Crippen molar-refractivity contribution in [1.82, 2.24) is 0 Å². The highest BCUT2D eigenvalue weighted by Gasteiger charge is 2.25. The third kappa shape index (κ3) is 3.90. The number of amides is 2. The van der Waals surface area contributed by atoms with Crippen LogP contribution >= 0.6 is 11.3 Å². The summed E-state index contributed by atoms with van der Waals surface area (Å²) >= 11 is 1.38. The predicted molar refractivity (Wildman–Crippen MR) is 121 cm³/mol. The van der Waals surface area contributed by atoms with Gasteiger partial charge in [-0.2, -0.15) is 0 Å². The Morgan fingerprint density at radius 1 is 1.06 bits per heavy atom. The second kappa shape index (κ2) is 8.43. The smallest absolute Gasteiger partial charge is 0.310 e. The number of nitrogens with two attached hydrogens (primary N) is 1. The maximum Gasteiger partial charge on any atom is 0.310 e. The fourth-order valence-electron chi connectivity index (χ4n) is 4.71. The molecule has 166 valence electrons. The van der Waals surface area contributed by atoms with Crippen molar-refractivity contribution in [3.8, 4) is 0 Å². The number of primary amides is 1. The number of thiophene rings is 1. The molecule has 32 heavy (non-hydrogen) atoms. The lowest BCUT2D eigenvalue weighted by atomic mass is 9.95. The second-order valence-corrected chi connectivity index (χ2v) is 9.50. The Kier molecular flexibility index (Phi) is 5.46. The van der Waals surface area contributed by atoms with Crippen LogP contribution in [0.3, 0.4) is 0 Å². The Bertz CT molecular complexity index is 1240. The van der Waals surface area contributed by atoms with E-state index in [1.165, 1.54) is 22.5 Å². The Morgan fingerprint density at radius 3 is 2.66 bits per heavy atom. The molecule has 5 rings (SSSR count). The lowest BCUT2D eigenvalue weighted by molar-refractivity contribution is -0.146. The molecule has 2 heterocycles. The van der Waals surface area contributed by atoms with Crippen LogP contribution in [0.25, 0.3) is 11.0 Å². The highest BCUT2D eigenvalue weighted by molar-refractivity contribution is 7.17. The van der Waals surface area contributed by atoms with E-state index in [4.69, 9.17) is 14.9 Å². The number of carbonyl (C=O) groups excluding carboxylic acids is 3. The van der Waals surface area contributed by atoms with Crippen LogP contribution in [0.4, 0.5) is 5.00 Å². The number of aryl methyl sites for hydroxylation is 3. The van der Waals surface area contributed by atoms with E-state index in [2.05, 4.69) is 17.4 Å². The molecule has 2 aliphatic carbocycles. The van der Waals surface area contributed by atoms with Gasteiger partial charge in [0.15, 0.2) is 6.61 Å². The van der Waals surface area contributed by atoms with Crippen molar-refractivity contribution in [2.45, 2.75) is 51.4 Å². The van der Waals surface area contributed by atoms with E-state index in [0.29, 0.717) is 10.6 Å². The van der Waals surface area contributed by atoms with Crippen molar-refractivity contribution in [3.63, 3.8) is 0 Å². The molecular weight excluding hydrogens is 428 g/mol. The number of ether oxygens (including phenoxy) is 1. The molecule has 0 aliphatic heterocycles. The average Bonchev–Trinajstić information content (AvgIpc) is 3.47. The zero-order valence-electron chi connectivity index (χ0n) is 17.6. The molecule has 2 aliphatic rings. The SMILES string of the molecule is NC(=O)c1c(NC(=O)COC(=O)Cc2coc3cc4c(cc23)CCC4)sc2c1CCCC2. The zero-order valence-corrected chi connectivity index (χ0v) is 18.4. The van der Waals surface area contributed by atoms with Gasteiger partial charge >= 0.3 is 5.97 Å². The third-order valence-corrected chi connectivity index (χ3v) is 7.45. The minimum atomic E-state index is -0.546. The first kappa shape index (κ1) is 20.8.